The zero-order valence-corrected chi connectivity index (χ0v) is 15.0. The van der Waals surface area contributed by atoms with E-state index in [1.807, 2.05) is 25.1 Å². The van der Waals surface area contributed by atoms with Crippen LogP contribution in [-0.2, 0) is 4.74 Å². The summed E-state index contributed by atoms with van der Waals surface area (Å²) in [5.74, 6) is 0.530. The quantitative estimate of drug-likeness (QED) is 0.705. The molecule has 3 aromatic rings. The van der Waals surface area contributed by atoms with Crippen LogP contribution in [0.3, 0.4) is 0 Å². The van der Waals surface area contributed by atoms with Crippen LogP contribution in [-0.4, -0.2) is 46.4 Å². The molecule has 26 heavy (non-hydrogen) atoms. The minimum absolute atomic E-state index is 0.0237. The van der Waals surface area contributed by atoms with Crippen LogP contribution in [0.5, 0.6) is 0 Å². The van der Waals surface area contributed by atoms with Gasteiger partial charge in [0.1, 0.15) is 5.69 Å². The van der Waals surface area contributed by atoms with Gasteiger partial charge in [-0.25, -0.2) is 4.68 Å². The second-order valence-corrected chi connectivity index (χ2v) is 6.65. The van der Waals surface area contributed by atoms with Crippen molar-refractivity contribution < 1.29 is 13.9 Å². The molecule has 3 heterocycles. The Balaban J connectivity index is 1.74. The normalized spacial score (nSPS) is 17.5. The first-order chi connectivity index (χ1) is 12.6. The van der Waals surface area contributed by atoms with Crippen molar-refractivity contribution in [1.29, 1.82) is 0 Å². The molecule has 134 valence electrons. The van der Waals surface area contributed by atoms with E-state index in [4.69, 9.17) is 20.8 Å². The molecule has 1 aliphatic rings. The van der Waals surface area contributed by atoms with Gasteiger partial charge in [0.15, 0.2) is 11.5 Å². The number of morpholine rings is 1. The molecular weight excluding hydrogens is 354 g/mol. The van der Waals surface area contributed by atoms with E-state index in [0.29, 0.717) is 41.9 Å². The van der Waals surface area contributed by atoms with Crippen molar-refractivity contribution in [3.8, 4) is 17.1 Å². The van der Waals surface area contributed by atoms with Crippen molar-refractivity contribution in [2.24, 2.45) is 0 Å². The number of aromatic nitrogens is 2. The standard InChI is InChI=1S/C19H18ClN3O3/c1-13-12-22(8-10-25-13)19(24)16-11-17(18-3-2-9-26-18)23(21-16)15-6-4-14(20)5-7-15/h2-7,9,11,13H,8,10,12H2,1H3/t13-/m0/s1. The third kappa shape index (κ3) is 3.25. The molecule has 0 unspecified atom stereocenters. The number of amides is 1. The molecule has 0 aliphatic carbocycles. The molecule has 0 N–H and O–H groups in total. The van der Waals surface area contributed by atoms with E-state index < -0.39 is 0 Å². The monoisotopic (exact) mass is 371 g/mol. The second kappa shape index (κ2) is 6.97. The maximum absolute atomic E-state index is 12.9. The fraction of sp³-hybridized carbons (Fsp3) is 0.263. The molecule has 2 aromatic heterocycles. The Labute approximate surface area is 155 Å². The summed E-state index contributed by atoms with van der Waals surface area (Å²) in [6.45, 7) is 3.62. The minimum atomic E-state index is -0.110. The van der Waals surface area contributed by atoms with Crippen LogP contribution in [0.15, 0.2) is 53.1 Å². The predicted molar refractivity (Wildman–Crippen MR) is 97.6 cm³/mol. The van der Waals surface area contributed by atoms with Gasteiger partial charge in [0.05, 0.1) is 24.7 Å². The van der Waals surface area contributed by atoms with Gasteiger partial charge in [0.2, 0.25) is 0 Å². The van der Waals surface area contributed by atoms with Crippen LogP contribution >= 0.6 is 11.6 Å². The van der Waals surface area contributed by atoms with Gasteiger partial charge in [-0.3, -0.25) is 4.79 Å². The van der Waals surface area contributed by atoms with E-state index in [2.05, 4.69) is 5.10 Å². The molecule has 1 fully saturated rings. The zero-order chi connectivity index (χ0) is 18.1. The molecule has 1 atom stereocenters. The number of hydrogen-bond donors (Lipinski definition) is 0. The Bertz CT molecular complexity index is 903. The molecule has 1 aliphatic heterocycles. The lowest BCUT2D eigenvalue weighted by atomic mass is 10.2. The molecule has 1 aromatic carbocycles. The number of hydrogen-bond acceptors (Lipinski definition) is 4. The Morgan fingerprint density at radius 2 is 2.08 bits per heavy atom. The first-order valence-corrected chi connectivity index (χ1v) is 8.80. The smallest absolute Gasteiger partial charge is 0.274 e. The lowest BCUT2D eigenvalue weighted by molar-refractivity contribution is -0.0126. The van der Waals surface area contributed by atoms with Crippen LogP contribution in [0.25, 0.3) is 17.1 Å². The second-order valence-electron chi connectivity index (χ2n) is 6.21. The van der Waals surface area contributed by atoms with Crippen LogP contribution in [0, 0.1) is 0 Å². The fourth-order valence-corrected chi connectivity index (χ4v) is 3.16. The number of ether oxygens (including phenoxy) is 1. The molecule has 6 nitrogen and oxygen atoms in total. The van der Waals surface area contributed by atoms with Crippen molar-refractivity contribution in [3.05, 3.63) is 59.4 Å². The first kappa shape index (κ1) is 16.9. The molecule has 1 amide bonds. The predicted octanol–water partition coefficient (Wildman–Crippen LogP) is 3.65. The lowest BCUT2D eigenvalue weighted by Gasteiger charge is -2.30. The molecule has 0 radical (unpaired) electrons. The maximum Gasteiger partial charge on any atom is 0.274 e. The van der Waals surface area contributed by atoms with E-state index in [1.165, 1.54) is 0 Å². The van der Waals surface area contributed by atoms with Crippen molar-refractivity contribution in [2.75, 3.05) is 19.7 Å². The van der Waals surface area contributed by atoms with Gasteiger partial charge in [-0.2, -0.15) is 5.10 Å². The molecule has 0 saturated carbocycles. The Morgan fingerprint density at radius 3 is 2.77 bits per heavy atom. The number of carbonyl (C=O) groups is 1. The molecular formula is C19H18ClN3O3. The number of furan rings is 1. The fourth-order valence-electron chi connectivity index (χ4n) is 3.03. The highest BCUT2D eigenvalue weighted by molar-refractivity contribution is 6.30. The van der Waals surface area contributed by atoms with Gasteiger partial charge in [-0.15, -0.1) is 0 Å². The van der Waals surface area contributed by atoms with Gasteiger partial charge in [0.25, 0.3) is 5.91 Å². The van der Waals surface area contributed by atoms with Gasteiger partial charge in [-0.05, 0) is 43.3 Å². The van der Waals surface area contributed by atoms with Crippen LogP contribution in [0.2, 0.25) is 5.02 Å². The number of carbonyl (C=O) groups excluding carboxylic acids is 1. The van der Waals surface area contributed by atoms with Gasteiger partial charge >= 0.3 is 0 Å². The van der Waals surface area contributed by atoms with E-state index >= 15 is 0 Å². The summed E-state index contributed by atoms with van der Waals surface area (Å²) < 4.78 is 12.7. The van der Waals surface area contributed by atoms with Gasteiger partial charge in [-0.1, -0.05) is 11.6 Å². The van der Waals surface area contributed by atoms with Crippen LogP contribution < -0.4 is 0 Å². The van der Waals surface area contributed by atoms with E-state index in [-0.39, 0.29) is 12.0 Å². The first-order valence-electron chi connectivity index (χ1n) is 8.42. The summed E-state index contributed by atoms with van der Waals surface area (Å²) in [6.07, 6.45) is 1.62. The highest BCUT2D eigenvalue weighted by atomic mass is 35.5. The number of rotatable bonds is 3. The van der Waals surface area contributed by atoms with Crippen molar-refractivity contribution >= 4 is 17.5 Å². The number of benzene rings is 1. The third-order valence-electron chi connectivity index (χ3n) is 4.30. The molecule has 1 saturated heterocycles. The van der Waals surface area contributed by atoms with Crippen molar-refractivity contribution in [2.45, 2.75) is 13.0 Å². The summed E-state index contributed by atoms with van der Waals surface area (Å²) in [6, 6.07) is 12.7. The highest BCUT2D eigenvalue weighted by Crippen LogP contribution is 2.26. The van der Waals surface area contributed by atoms with Gasteiger partial charge in [0, 0.05) is 24.2 Å². The maximum atomic E-state index is 12.9. The van der Waals surface area contributed by atoms with E-state index in [0.717, 1.165) is 5.69 Å². The highest BCUT2D eigenvalue weighted by Gasteiger charge is 2.26. The largest absolute Gasteiger partial charge is 0.463 e. The third-order valence-corrected chi connectivity index (χ3v) is 4.55. The van der Waals surface area contributed by atoms with E-state index in [1.54, 1.807) is 40.1 Å². The topological polar surface area (TPSA) is 60.5 Å². The molecule has 0 spiro atoms. The summed E-state index contributed by atoms with van der Waals surface area (Å²) in [7, 11) is 0. The summed E-state index contributed by atoms with van der Waals surface area (Å²) >= 11 is 5.99. The van der Waals surface area contributed by atoms with Gasteiger partial charge < -0.3 is 14.1 Å². The summed E-state index contributed by atoms with van der Waals surface area (Å²) in [5, 5.41) is 5.19. The average molecular weight is 372 g/mol. The summed E-state index contributed by atoms with van der Waals surface area (Å²) in [4.78, 5) is 14.7. The van der Waals surface area contributed by atoms with E-state index in [9.17, 15) is 4.79 Å². The van der Waals surface area contributed by atoms with Crippen LogP contribution in [0.4, 0.5) is 0 Å². The lowest BCUT2D eigenvalue weighted by Crippen LogP contribution is -2.44. The SMILES string of the molecule is C[C@H]1CN(C(=O)c2cc(-c3ccco3)n(-c3ccc(Cl)cc3)n2)CCO1. The molecule has 7 heteroatoms. The molecule has 0 bridgehead atoms. The van der Waals surface area contributed by atoms with Crippen LogP contribution in [0.1, 0.15) is 17.4 Å². The van der Waals surface area contributed by atoms with Crippen molar-refractivity contribution in [1.82, 2.24) is 14.7 Å². The molecule has 4 rings (SSSR count). The number of nitrogens with zero attached hydrogens (tertiary/aromatic N) is 3. The Morgan fingerprint density at radius 1 is 1.27 bits per heavy atom. The average Bonchev–Trinajstić information content (AvgIpc) is 3.31. The van der Waals surface area contributed by atoms with Crippen molar-refractivity contribution in [3.63, 3.8) is 0 Å². The minimum Gasteiger partial charge on any atom is -0.463 e. The Kier molecular flexibility index (Phi) is 4.53. The summed E-state index contributed by atoms with van der Waals surface area (Å²) in [5.41, 5.74) is 1.89. The Hall–Kier alpha value is -2.57. The number of halogens is 1. The zero-order valence-electron chi connectivity index (χ0n) is 14.3.